The van der Waals surface area contributed by atoms with Gasteiger partial charge < -0.3 is 15.4 Å². The van der Waals surface area contributed by atoms with Crippen LogP contribution in [0.2, 0.25) is 0 Å². The first-order chi connectivity index (χ1) is 12.6. The van der Waals surface area contributed by atoms with Crippen molar-refractivity contribution in [3.63, 3.8) is 0 Å². The van der Waals surface area contributed by atoms with Crippen LogP contribution in [0.25, 0.3) is 0 Å². The number of ether oxygens (including phenoxy) is 1. The number of benzene rings is 2. The third-order valence-electron chi connectivity index (χ3n) is 4.87. The van der Waals surface area contributed by atoms with Crippen LogP contribution in [0, 0.1) is 5.82 Å². The van der Waals surface area contributed by atoms with Gasteiger partial charge in [-0.05, 0) is 41.7 Å². The molecule has 0 radical (unpaired) electrons. The average Bonchev–Trinajstić information content (AvgIpc) is 3.44. The topological polar surface area (TPSA) is 45.7 Å². The molecule has 2 N–H and O–H groups in total. The number of nitrogens with one attached hydrogen (secondary N) is 2. The molecule has 1 saturated carbocycles. The molecule has 2 aromatic carbocycles. The smallest absolute Gasteiger partial charge is 0.191 e. The fourth-order valence-electron chi connectivity index (χ4n) is 3.19. The first kappa shape index (κ1) is 21.6. The molecule has 3 rings (SSSR count). The van der Waals surface area contributed by atoms with Gasteiger partial charge in [-0.25, -0.2) is 4.39 Å². The molecule has 0 aliphatic heterocycles. The van der Waals surface area contributed by atoms with Gasteiger partial charge in [0.1, 0.15) is 5.82 Å². The highest BCUT2D eigenvalue weighted by atomic mass is 127. The normalized spacial score (nSPS) is 15.0. The molecular formula is C21H27FIN3O. The van der Waals surface area contributed by atoms with E-state index in [1.54, 1.807) is 26.3 Å². The molecule has 0 saturated heterocycles. The fraction of sp³-hybridized carbons (Fsp3) is 0.381. The van der Waals surface area contributed by atoms with Crippen LogP contribution in [0.3, 0.4) is 0 Å². The molecule has 6 heteroatoms. The SMILES string of the molecule is CN=C(NCc1cccc(COC)c1)NCC1(c2cccc(F)c2)CC1.I. The summed E-state index contributed by atoms with van der Waals surface area (Å²) in [5.74, 6) is 0.581. The molecule has 0 unspecified atom stereocenters. The summed E-state index contributed by atoms with van der Waals surface area (Å²) in [5, 5.41) is 6.73. The summed E-state index contributed by atoms with van der Waals surface area (Å²) >= 11 is 0. The zero-order valence-electron chi connectivity index (χ0n) is 15.8. The maximum atomic E-state index is 13.5. The van der Waals surface area contributed by atoms with Crippen LogP contribution in [-0.2, 0) is 23.3 Å². The van der Waals surface area contributed by atoms with Crippen molar-refractivity contribution >= 4 is 29.9 Å². The zero-order valence-corrected chi connectivity index (χ0v) is 18.1. The molecule has 1 aliphatic rings. The molecule has 4 nitrogen and oxygen atoms in total. The van der Waals surface area contributed by atoms with E-state index in [9.17, 15) is 4.39 Å². The molecule has 146 valence electrons. The summed E-state index contributed by atoms with van der Waals surface area (Å²) in [6.07, 6.45) is 2.14. The van der Waals surface area contributed by atoms with Crippen LogP contribution in [-0.4, -0.2) is 26.7 Å². The van der Waals surface area contributed by atoms with Gasteiger partial charge in [-0.15, -0.1) is 24.0 Å². The number of guanidine groups is 1. The van der Waals surface area contributed by atoms with E-state index in [1.165, 1.54) is 11.6 Å². The molecule has 2 aromatic rings. The van der Waals surface area contributed by atoms with Crippen molar-refractivity contribution in [1.82, 2.24) is 10.6 Å². The molecule has 1 aliphatic carbocycles. The minimum absolute atomic E-state index is 0. The van der Waals surface area contributed by atoms with Gasteiger partial charge in [0.05, 0.1) is 6.61 Å². The number of methoxy groups -OCH3 is 1. The Morgan fingerprint density at radius 1 is 1.11 bits per heavy atom. The second-order valence-corrected chi connectivity index (χ2v) is 6.82. The standard InChI is InChI=1S/C21H26FN3O.HI/c1-23-20(24-13-16-5-3-6-17(11-16)14-26-2)25-15-21(9-10-21)18-7-4-8-19(22)12-18;/h3-8,11-12H,9-10,13-15H2,1-2H3,(H2,23,24,25);1H. The Morgan fingerprint density at radius 2 is 1.85 bits per heavy atom. The third-order valence-corrected chi connectivity index (χ3v) is 4.87. The highest BCUT2D eigenvalue weighted by Crippen LogP contribution is 2.47. The van der Waals surface area contributed by atoms with Gasteiger partial charge >= 0.3 is 0 Å². The number of aliphatic imine (C=N–C) groups is 1. The lowest BCUT2D eigenvalue weighted by atomic mass is 9.96. The Bertz CT molecular complexity index is 778. The van der Waals surface area contributed by atoms with Gasteiger partial charge in [-0.3, -0.25) is 4.99 Å². The summed E-state index contributed by atoms with van der Waals surface area (Å²) < 4.78 is 18.7. The van der Waals surface area contributed by atoms with Gasteiger partial charge in [0.25, 0.3) is 0 Å². The first-order valence-corrected chi connectivity index (χ1v) is 8.92. The minimum Gasteiger partial charge on any atom is -0.380 e. The van der Waals surface area contributed by atoms with Crippen molar-refractivity contribution < 1.29 is 9.13 Å². The Hall–Kier alpha value is -1.67. The highest BCUT2D eigenvalue weighted by molar-refractivity contribution is 14.0. The number of halogens is 2. The highest BCUT2D eigenvalue weighted by Gasteiger charge is 2.44. The Morgan fingerprint density at radius 3 is 2.52 bits per heavy atom. The molecule has 0 spiro atoms. The lowest BCUT2D eigenvalue weighted by Crippen LogP contribution is -2.40. The largest absolute Gasteiger partial charge is 0.380 e. The fourth-order valence-corrected chi connectivity index (χ4v) is 3.19. The second kappa shape index (κ2) is 10.0. The van der Waals surface area contributed by atoms with E-state index in [-0.39, 0.29) is 35.2 Å². The molecule has 0 aromatic heterocycles. The van der Waals surface area contributed by atoms with Crippen LogP contribution in [0.5, 0.6) is 0 Å². The minimum atomic E-state index is -0.174. The van der Waals surface area contributed by atoms with Crippen LogP contribution < -0.4 is 10.6 Å². The Balaban J connectivity index is 0.00000261. The van der Waals surface area contributed by atoms with Crippen molar-refractivity contribution in [3.8, 4) is 0 Å². The number of rotatable bonds is 7. The van der Waals surface area contributed by atoms with E-state index >= 15 is 0 Å². The summed E-state index contributed by atoms with van der Waals surface area (Å²) in [6.45, 7) is 2.04. The van der Waals surface area contributed by atoms with Gasteiger partial charge in [0.2, 0.25) is 0 Å². The predicted molar refractivity (Wildman–Crippen MR) is 118 cm³/mol. The van der Waals surface area contributed by atoms with Crippen molar-refractivity contribution in [1.29, 1.82) is 0 Å². The Labute approximate surface area is 177 Å². The van der Waals surface area contributed by atoms with Crippen LogP contribution in [0.15, 0.2) is 53.5 Å². The third kappa shape index (κ3) is 5.90. The molecular weight excluding hydrogens is 456 g/mol. The van der Waals surface area contributed by atoms with Gasteiger partial charge in [-0.2, -0.15) is 0 Å². The van der Waals surface area contributed by atoms with Crippen LogP contribution >= 0.6 is 24.0 Å². The monoisotopic (exact) mass is 483 g/mol. The maximum absolute atomic E-state index is 13.5. The second-order valence-electron chi connectivity index (χ2n) is 6.82. The summed E-state index contributed by atoms with van der Waals surface area (Å²) in [5.41, 5.74) is 3.41. The van der Waals surface area contributed by atoms with Crippen LogP contribution in [0.4, 0.5) is 4.39 Å². The van der Waals surface area contributed by atoms with E-state index in [0.29, 0.717) is 13.2 Å². The zero-order chi connectivity index (χ0) is 18.4. The molecule has 0 amide bonds. The maximum Gasteiger partial charge on any atom is 0.191 e. The van der Waals surface area contributed by atoms with E-state index in [2.05, 4.69) is 33.8 Å². The number of hydrogen-bond acceptors (Lipinski definition) is 2. The van der Waals surface area contributed by atoms with Crippen molar-refractivity contribution in [2.75, 3.05) is 20.7 Å². The average molecular weight is 483 g/mol. The van der Waals surface area contributed by atoms with Gasteiger partial charge in [-0.1, -0.05) is 36.4 Å². The van der Waals surface area contributed by atoms with E-state index in [0.717, 1.165) is 36.5 Å². The number of hydrogen-bond donors (Lipinski definition) is 2. The molecule has 1 fully saturated rings. The van der Waals surface area contributed by atoms with Crippen molar-refractivity contribution in [3.05, 3.63) is 71.0 Å². The predicted octanol–water partition coefficient (Wildman–Crippen LogP) is 3.99. The molecule has 0 atom stereocenters. The number of nitrogens with zero attached hydrogens (tertiary/aromatic N) is 1. The quantitative estimate of drug-likeness (QED) is 0.356. The van der Waals surface area contributed by atoms with E-state index in [1.807, 2.05) is 12.1 Å². The molecule has 27 heavy (non-hydrogen) atoms. The summed E-state index contributed by atoms with van der Waals surface area (Å²) in [7, 11) is 3.46. The lowest BCUT2D eigenvalue weighted by Gasteiger charge is -2.19. The van der Waals surface area contributed by atoms with E-state index in [4.69, 9.17) is 4.74 Å². The van der Waals surface area contributed by atoms with Crippen molar-refractivity contribution in [2.45, 2.75) is 31.4 Å². The molecule has 0 bridgehead atoms. The molecule has 0 heterocycles. The van der Waals surface area contributed by atoms with Gasteiger partial charge in [0, 0.05) is 32.7 Å². The van der Waals surface area contributed by atoms with Crippen LogP contribution in [0.1, 0.15) is 29.5 Å². The Kier molecular flexibility index (Phi) is 8.04. The first-order valence-electron chi connectivity index (χ1n) is 8.92. The summed E-state index contributed by atoms with van der Waals surface area (Å²) in [6, 6.07) is 15.2. The van der Waals surface area contributed by atoms with Crippen molar-refractivity contribution in [2.24, 2.45) is 4.99 Å². The lowest BCUT2D eigenvalue weighted by molar-refractivity contribution is 0.185. The summed E-state index contributed by atoms with van der Waals surface area (Å²) in [4.78, 5) is 4.30. The van der Waals surface area contributed by atoms with E-state index < -0.39 is 0 Å². The van der Waals surface area contributed by atoms with Gasteiger partial charge in [0.15, 0.2) is 5.96 Å².